The number of thiocarbonyl (C=S) groups is 1. The number of nitrogens with one attached hydrogen (secondary N) is 1. The minimum atomic E-state index is -0.107. The van der Waals surface area contributed by atoms with Crippen LogP contribution in [0.2, 0.25) is 5.02 Å². The van der Waals surface area contributed by atoms with Crippen LogP contribution in [0.15, 0.2) is 53.4 Å². The number of carbonyl (C=O) groups excluding carboxylic acids is 2. The van der Waals surface area contributed by atoms with Crippen molar-refractivity contribution in [2.24, 2.45) is 0 Å². The molecule has 1 fully saturated rings. The van der Waals surface area contributed by atoms with Crippen LogP contribution in [0.3, 0.4) is 0 Å². The van der Waals surface area contributed by atoms with E-state index >= 15 is 0 Å². The second kappa shape index (κ2) is 10.1. The van der Waals surface area contributed by atoms with Gasteiger partial charge < -0.3 is 5.32 Å². The monoisotopic (exact) mass is 444 g/mol. The van der Waals surface area contributed by atoms with Gasteiger partial charge in [0.2, 0.25) is 5.91 Å². The summed E-state index contributed by atoms with van der Waals surface area (Å²) in [5.74, 6) is -0.206. The maximum Gasteiger partial charge on any atom is 0.266 e. The number of anilines is 1. The van der Waals surface area contributed by atoms with Crippen LogP contribution >= 0.6 is 35.6 Å². The van der Waals surface area contributed by atoms with Crippen LogP contribution in [0, 0.1) is 0 Å². The molecule has 2 aromatic carbocycles. The zero-order chi connectivity index (χ0) is 20.8. The molecule has 2 amide bonds. The summed E-state index contributed by atoms with van der Waals surface area (Å²) in [6, 6.07) is 15.1. The number of thioether (sulfide) groups is 1. The molecular weight excluding hydrogens is 424 g/mol. The second-order valence-electron chi connectivity index (χ2n) is 6.59. The molecule has 0 bridgehead atoms. The fourth-order valence-electron chi connectivity index (χ4n) is 2.85. The summed E-state index contributed by atoms with van der Waals surface area (Å²) in [5, 5.41) is 3.43. The lowest BCUT2D eigenvalue weighted by Gasteiger charge is -2.14. The highest BCUT2D eigenvalue weighted by Crippen LogP contribution is 2.32. The maximum absolute atomic E-state index is 12.7. The number of benzene rings is 2. The number of halogens is 1. The summed E-state index contributed by atoms with van der Waals surface area (Å²) >= 11 is 12.5. The number of rotatable bonds is 7. The summed E-state index contributed by atoms with van der Waals surface area (Å²) in [7, 11) is 0. The smallest absolute Gasteiger partial charge is 0.266 e. The lowest BCUT2D eigenvalue weighted by atomic mass is 10.1. The fourth-order valence-corrected chi connectivity index (χ4v) is 4.28. The first-order valence-corrected chi connectivity index (χ1v) is 11.0. The van der Waals surface area contributed by atoms with Crippen LogP contribution in [0.25, 0.3) is 6.08 Å². The number of hydrogen-bond acceptors (Lipinski definition) is 4. The Labute approximate surface area is 185 Å². The molecule has 29 heavy (non-hydrogen) atoms. The van der Waals surface area contributed by atoms with Gasteiger partial charge in [-0.1, -0.05) is 66.8 Å². The predicted octanol–water partition coefficient (Wildman–Crippen LogP) is 5.52. The van der Waals surface area contributed by atoms with Gasteiger partial charge in [0.1, 0.15) is 4.32 Å². The van der Waals surface area contributed by atoms with E-state index in [1.165, 1.54) is 17.3 Å². The molecule has 0 aliphatic carbocycles. The minimum absolute atomic E-state index is 0.0994. The van der Waals surface area contributed by atoms with Crippen LogP contribution in [-0.2, 0) is 16.0 Å². The van der Waals surface area contributed by atoms with Crippen molar-refractivity contribution >= 4 is 63.5 Å². The van der Waals surface area contributed by atoms with Gasteiger partial charge in [-0.3, -0.25) is 14.5 Å². The van der Waals surface area contributed by atoms with Crippen molar-refractivity contribution in [2.75, 3.05) is 11.9 Å². The van der Waals surface area contributed by atoms with Gasteiger partial charge in [0.15, 0.2) is 0 Å². The SMILES string of the molecule is CCc1ccc(C=C2SC(=S)N(CCCC(=O)Nc3ccc(Cl)cc3)C2=O)cc1. The molecule has 4 nitrogen and oxygen atoms in total. The molecule has 3 rings (SSSR count). The lowest BCUT2D eigenvalue weighted by molar-refractivity contribution is -0.122. The van der Waals surface area contributed by atoms with Crippen molar-refractivity contribution in [3.63, 3.8) is 0 Å². The molecule has 2 aromatic rings. The molecule has 1 aliphatic heterocycles. The minimum Gasteiger partial charge on any atom is -0.326 e. The molecule has 0 spiro atoms. The quantitative estimate of drug-likeness (QED) is 0.451. The van der Waals surface area contributed by atoms with Crippen molar-refractivity contribution < 1.29 is 9.59 Å². The van der Waals surface area contributed by atoms with Gasteiger partial charge in [-0.25, -0.2) is 0 Å². The number of aryl methyl sites for hydroxylation is 1. The Kier molecular flexibility index (Phi) is 7.47. The third kappa shape index (κ3) is 5.92. The van der Waals surface area contributed by atoms with E-state index in [0.29, 0.717) is 39.3 Å². The van der Waals surface area contributed by atoms with Crippen molar-refractivity contribution in [1.29, 1.82) is 0 Å². The Balaban J connectivity index is 1.52. The first kappa shape index (κ1) is 21.6. The molecule has 1 aliphatic rings. The van der Waals surface area contributed by atoms with Gasteiger partial charge in [0.25, 0.3) is 5.91 Å². The molecule has 0 aromatic heterocycles. The summed E-state index contributed by atoms with van der Waals surface area (Å²) in [6.07, 6.45) is 3.68. The maximum atomic E-state index is 12.7. The normalized spacial score (nSPS) is 15.2. The molecule has 0 saturated carbocycles. The van der Waals surface area contributed by atoms with E-state index in [-0.39, 0.29) is 11.8 Å². The number of amides is 2. The Morgan fingerprint density at radius 2 is 1.86 bits per heavy atom. The van der Waals surface area contributed by atoms with Gasteiger partial charge in [0.05, 0.1) is 4.91 Å². The molecule has 1 heterocycles. The summed E-state index contributed by atoms with van der Waals surface area (Å²) < 4.78 is 0.532. The molecular formula is C22H21ClN2O2S2. The Bertz CT molecular complexity index is 940. The van der Waals surface area contributed by atoms with Crippen LogP contribution in [0.1, 0.15) is 30.9 Å². The number of hydrogen-bond donors (Lipinski definition) is 1. The zero-order valence-electron chi connectivity index (χ0n) is 16.0. The molecule has 0 unspecified atom stereocenters. The van der Waals surface area contributed by atoms with E-state index in [4.69, 9.17) is 23.8 Å². The van der Waals surface area contributed by atoms with E-state index < -0.39 is 0 Å². The van der Waals surface area contributed by atoms with Crippen LogP contribution in [-0.4, -0.2) is 27.6 Å². The van der Waals surface area contributed by atoms with E-state index in [0.717, 1.165) is 12.0 Å². The number of nitrogens with zero attached hydrogens (tertiary/aromatic N) is 1. The van der Waals surface area contributed by atoms with Crippen LogP contribution < -0.4 is 5.32 Å². The van der Waals surface area contributed by atoms with Crippen LogP contribution in [0.5, 0.6) is 0 Å². The van der Waals surface area contributed by atoms with E-state index in [1.54, 1.807) is 29.2 Å². The van der Waals surface area contributed by atoms with Crippen LogP contribution in [0.4, 0.5) is 5.69 Å². The van der Waals surface area contributed by atoms with E-state index in [1.807, 2.05) is 18.2 Å². The van der Waals surface area contributed by atoms with Gasteiger partial charge in [-0.2, -0.15) is 0 Å². The first-order valence-electron chi connectivity index (χ1n) is 9.36. The highest BCUT2D eigenvalue weighted by atomic mass is 35.5. The average molecular weight is 445 g/mol. The Morgan fingerprint density at radius 1 is 1.17 bits per heavy atom. The highest BCUT2D eigenvalue weighted by Gasteiger charge is 2.31. The largest absolute Gasteiger partial charge is 0.326 e. The van der Waals surface area contributed by atoms with E-state index in [2.05, 4.69) is 24.4 Å². The predicted molar refractivity (Wildman–Crippen MR) is 125 cm³/mol. The standard InChI is InChI=1S/C22H21ClN2O2S2/c1-2-15-5-7-16(8-6-15)14-19-21(27)25(22(28)29-19)13-3-4-20(26)24-18-11-9-17(23)10-12-18/h5-12,14H,2-4,13H2,1H3,(H,24,26). The van der Waals surface area contributed by atoms with E-state index in [9.17, 15) is 9.59 Å². The molecule has 150 valence electrons. The zero-order valence-corrected chi connectivity index (χ0v) is 18.4. The van der Waals surface area contributed by atoms with Crippen molar-refractivity contribution in [1.82, 2.24) is 4.90 Å². The second-order valence-corrected chi connectivity index (χ2v) is 8.70. The molecule has 0 atom stereocenters. The molecule has 0 radical (unpaired) electrons. The van der Waals surface area contributed by atoms with Gasteiger partial charge in [-0.05, 0) is 54.3 Å². The van der Waals surface area contributed by atoms with Crippen molar-refractivity contribution in [2.45, 2.75) is 26.2 Å². The van der Waals surface area contributed by atoms with Crippen molar-refractivity contribution in [3.05, 3.63) is 69.6 Å². The first-order chi connectivity index (χ1) is 14.0. The summed E-state index contributed by atoms with van der Waals surface area (Å²) in [4.78, 5) is 27.0. The highest BCUT2D eigenvalue weighted by molar-refractivity contribution is 8.26. The number of carbonyl (C=O) groups is 2. The lowest BCUT2D eigenvalue weighted by Crippen LogP contribution is -2.29. The third-order valence-corrected chi connectivity index (χ3v) is 6.10. The van der Waals surface area contributed by atoms with Gasteiger partial charge >= 0.3 is 0 Å². The Hall–Kier alpha value is -2.15. The fraction of sp³-hybridized carbons (Fsp3) is 0.227. The van der Waals surface area contributed by atoms with Gasteiger partial charge in [-0.15, -0.1) is 0 Å². The Morgan fingerprint density at radius 3 is 2.52 bits per heavy atom. The average Bonchev–Trinajstić information content (AvgIpc) is 2.97. The summed E-state index contributed by atoms with van der Waals surface area (Å²) in [6.45, 7) is 2.53. The third-order valence-electron chi connectivity index (χ3n) is 4.47. The summed E-state index contributed by atoms with van der Waals surface area (Å²) in [5.41, 5.74) is 2.93. The van der Waals surface area contributed by atoms with Gasteiger partial charge in [0, 0.05) is 23.7 Å². The molecule has 1 N–H and O–H groups in total. The topological polar surface area (TPSA) is 49.4 Å². The molecule has 7 heteroatoms. The molecule has 1 saturated heterocycles. The van der Waals surface area contributed by atoms with Crippen molar-refractivity contribution in [3.8, 4) is 0 Å².